The van der Waals surface area contributed by atoms with E-state index in [1.807, 2.05) is 30.4 Å². The predicted octanol–water partition coefficient (Wildman–Crippen LogP) is 7.78. The van der Waals surface area contributed by atoms with Gasteiger partial charge in [-0.15, -0.1) is 0 Å². The van der Waals surface area contributed by atoms with Crippen molar-refractivity contribution in [2.75, 3.05) is 29.5 Å². The number of nitrogens with zero attached hydrogens (tertiary/aromatic N) is 2. The molecule has 0 saturated heterocycles. The van der Waals surface area contributed by atoms with Crippen molar-refractivity contribution in [2.24, 2.45) is 0 Å². The number of rotatable bonds is 13. The zero-order valence-corrected chi connectivity index (χ0v) is 34.3. The Morgan fingerprint density at radius 1 is 0.731 bits per heavy atom. The first-order chi connectivity index (χ1) is 24.1. The Hall–Kier alpha value is -3.09. The van der Waals surface area contributed by atoms with E-state index in [2.05, 4.69) is 110 Å². The second-order valence-electron chi connectivity index (χ2n) is 14.6. The fourth-order valence-corrected chi connectivity index (χ4v) is 9.14. The second-order valence-corrected chi connectivity index (χ2v) is 17.7. The predicted molar refractivity (Wildman–Crippen MR) is 213 cm³/mol. The third-order valence-electron chi connectivity index (χ3n) is 10.3. The summed E-state index contributed by atoms with van der Waals surface area (Å²) in [5.41, 5.74) is 6.20. The van der Waals surface area contributed by atoms with E-state index in [-0.39, 0.29) is 51.9 Å². The topological polar surface area (TPSA) is 118 Å². The van der Waals surface area contributed by atoms with Gasteiger partial charge < -0.3 is 9.45 Å². The Morgan fingerprint density at radius 3 is 2.00 bits per heavy atom. The van der Waals surface area contributed by atoms with Gasteiger partial charge >= 0.3 is 0 Å². The molecule has 1 N–H and O–H groups in total. The summed E-state index contributed by atoms with van der Waals surface area (Å²) in [6.07, 6.45) is 12.2. The van der Waals surface area contributed by atoms with Gasteiger partial charge in [0, 0.05) is 82.8 Å². The minimum Gasteiger partial charge on any atom is -0.748 e. The number of benzene rings is 4. The summed E-state index contributed by atoms with van der Waals surface area (Å²) in [5, 5.41) is 4.70. The zero-order valence-electron chi connectivity index (χ0n) is 30.7. The third-order valence-corrected chi connectivity index (χ3v) is 11.9. The smallest absolute Gasteiger partial charge is 0.264 e. The van der Waals surface area contributed by atoms with Gasteiger partial charge in [-0.2, -0.15) is 13.0 Å². The minimum absolute atomic E-state index is 0. The van der Waals surface area contributed by atoms with E-state index in [9.17, 15) is 25.9 Å². The van der Waals surface area contributed by atoms with Crippen LogP contribution in [0.1, 0.15) is 64.5 Å². The summed E-state index contributed by atoms with van der Waals surface area (Å²) in [6, 6.07) is 25.3. The number of hydrogen-bond donors (Lipinski definition) is 1. The van der Waals surface area contributed by atoms with Crippen LogP contribution in [0, 0.1) is 0 Å². The summed E-state index contributed by atoms with van der Waals surface area (Å²) < 4.78 is 68.2. The van der Waals surface area contributed by atoms with E-state index in [0.29, 0.717) is 38.8 Å². The van der Waals surface area contributed by atoms with Crippen molar-refractivity contribution in [3.63, 3.8) is 0 Å². The van der Waals surface area contributed by atoms with E-state index in [4.69, 9.17) is 0 Å². The third kappa shape index (κ3) is 8.34. The van der Waals surface area contributed by atoms with Gasteiger partial charge in [-0.05, 0) is 78.4 Å². The Balaban J connectivity index is 0.00000523. The largest absolute Gasteiger partial charge is 0.748 e. The van der Waals surface area contributed by atoms with E-state index >= 15 is 0 Å². The molecule has 0 bridgehead atoms. The van der Waals surface area contributed by atoms with E-state index in [0.717, 1.165) is 28.2 Å². The molecule has 8 nitrogen and oxygen atoms in total. The number of anilines is 1. The van der Waals surface area contributed by atoms with Gasteiger partial charge in [-0.25, -0.2) is 8.42 Å². The Labute approximate surface area is 330 Å². The molecule has 269 valence electrons. The van der Waals surface area contributed by atoms with Gasteiger partial charge in [-0.3, -0.25) is 4.55 Å². The number of allylic oxidation sites excluding steroid dienone is 6. The quantitative estimate of drug-likeness (QED) is 0.0488. The van der Waals surface area contributed by atoms with E-state index in [1.165, 1.54) is 27.3 Å². The van der Waals surface area contributed by atoms with Crippen LogP contribution in [-0.4, -0.2) is 90.4 Å². The standard InChI is InChI=1S/C41H46N2O6S2.Na/c1-40(2)36(42(26-12-14-28-50(44,45)46)34-24-22-30-16-8-10-18-32(30)38(34)40)20-6-5-7-21-37-41(3,4)39-33-19-11-9-17-31(33)23-25-35(39)43(37)27-13-15-29-51(47,48)49;/h5-11,16-25H,12-15,26-29H2,1-4H3,(H-,44,45,46,47,48,49);. The van der Waals surface area contributed by atoms with Crippen molar-refractivity contribution in [3.05, 3.63) is 120 Å². The SMILES string of the molecule is CC1(C)C(/C=C/C=C/C=C2\N(CCCCS(=O)(=O)[O-])c3ccc4ccccc4c3C2(C)C)=[N+](CCCCS(=O)(=O)O)c2ccc3ccccc3c21.[Na]. The van der Waals surface area contributed by atoms with Crippen LogP contribution in [0.3, 0.4) is 0 Å². The zero-order chi connectivity index (χ0) is 36.6. The van der Waals surface area contributed by atoms with Gasteiger partial charge in [0.05, 0.1) is 21.3 Å². The van der Waals surface area contributed by atoms with Crippen LogP contribution in [0.2, 0.25) is 0 Å². The van der Waals surface area contributed by atoms with Crippen LogP contribution in [0.25, 0.3) is 21.5 Å². The van der Waals surface area contributed by atoms with Crippen molar-refractivity contribution >= 4 is 88.4 Å². The molecule has 52 heavy (non-hydrogen) atoms. The summed E-state index contributed by atoms with van der Waals surface area (Å²) >= 11 is 0. The van der Waals surface area contributed by atoms with Crippen LogP contribution in [0.15, 0.2) is 109 Å². The molecule has 0 aromatic heterocycles. The van der Waals surface area contributed by atoms with Crippen molar-refractivity contribution in [3.8, 4) is 0 Å². The second kappa shape index (κ2) is 15.7. The van der Waals surface area contributed by atoms with Gasteiger partial charge in [0.1, 0.15) is 6.54 Å². The van der Waals surface area contributed by atoms with Crippen molar-refractivity contribution in [1.29, 1.82) is 0 Å². The Kier molecular flexibility index (Phi) is 12.1. The molecule has 4 aromatic carbocycles. The molecule has 4 aromatic rings. The monoisotopic (exact) mass is 749 g/mol. The molecular weight excluding hydrogens is 704 g/mol. The van der Waals surface area contributed by atoms with Crippen molar-refractivity contribution in [1.82, 2.24) is 0 Å². The number of hydrogen-bond acceptors (Lipinski definition) is 6. The summed E-state index contributed by atoms with van der Waals surface area (Å²) in [5.74, 6) is -0.632. The maximum Gasteiger partial charge on any atom is 0.264 e. The maximum atomic E-state index is 11.4. The maximum absolute atomic E-state index is 11.4. The molecule has 0 aliphatic carbocycles. The molecule has 1 radical (unpaired) electrons. The van der Waals surface area contributed by atoms with Crippen LogP contribution in [-0.2, 0) is 31.1 Å². The molecule has 0 unspecified atom stereocenters. The molecule has 2 heterocycles. The van der Waals surface area contributed by atoms with Crippen LogP contribution in [0.5, 0.6) is 0 Å². The summed E-state index contributed by atoms with van der Waals surface area (Å²) in [7, 11) is -8.29. The first-order valence-corrected chi connectivity index (χ1v) is 20.7. The molecule has 0 saturated carbocycles. The van der Waals surface area contributed by atoms with Gasteiger partial charge in [0.15, 0.2) is 5.71 Å². The van der Waals surface area contributed by atoms with Crippen LogP contribution in [0.4, 0.5) is 11.4 Å². The van der Waals surface area contributed by atoms with Gasteiger partial charge in [0.2, 0.25) is 5.69 Å². The van der Waals surface area contributed by atoms with Gasteiger partial charge in [0.25, 0.3) is 10.1 Å². The summed E-state index contributed by atoms with van der Waals surface area (Å²) in [6.45, 7) is 10.1. The molecule has 0 amide bonds. The molecule has 6 rings (SSSR count). The first-order valence-electron chi connectivity index (χ1n) is 17.5. The number of fused-ring (bicyclic) bond motifs is 6. The van der Waals surface area contributed by atoms with E-state index in [1.54, 1.807) is 0 Å². The molecule has 2 aliphatic heterocycles. The molecule has 11 heteroatoms. The molecule has 0 spiro atoms. The Morgan fingerprint density at radius 2 is 1.35 bits per heavy atom. The van der Waals surface area contributed by atoms with Crippen LogP contribution >= 0.6 is 0 Å². The molecule has 2 aliphatic rings. The minimum atomic E-state index is -4.27. The van der Waals surface area contributed by atoms with Crippen molar-refractivity contribution < 1.29 is 30.5 Å². The first kappa shape index (κ1) is 40.1. The average Bonchev–Trinajstić information content (AvgIpc) is 3.42. The Bertz CT molecular complexity index is 2340. The van der Waals surface area contributed by atoms with E-state index < -0.39 is 20.2 Å². The van der Waals surface area contributed by atoms with Gasteiger partial charge in [-0.1, -0.05) is 86.7 Å². The molecule has 0 atom stereocenters. The number of unbranched alkanes of at least 4 members (excludes halogenated alkanes) is 2. The van der Waals surface area contributed by atoms with Crippen molar-refractivity contribution in [2.45, 2.75) is 64.2 Å². The normalized spacial score (nSPS) is 17.5. The molecular formula is C41H46N2NaO6S2. The average molecular weight is 750 g/mol. The summed E-state index contributed by atoms with van der Waals surface area (Å²) in [4.78, 5) is 2.26. The fourth-order valence-electron chi connectivity index (χ4n) is 8.01. The molecule has 0 fully saturated rings. The van der Waals surface area contributed by atoms with Crippen LogP contribution < -0.4 is 4.90 Å². The fraction of sp³-hybridized carbons (Fsp3) is 0.341.